The molecule has 1 atom stereocenters. The van der Waals surface area contributed by atoms with Crippen molar-refractivity contribution in [3.8, 4) is 10.6 Å². The van der Waals surface area contributed by atoms with Gasteiger partial charge in [0.1, 0.15) is 5.01 Å². The highest BCUT2D eigenvalue weighted by Gasteiger charge is 2.23. The maximum Gasteiger partial charge on any atom is 0.233 e. The van der Waals surface area contributed by atoms with Crippen molar-refractivity contribution in [3.63, 3.8) is 0 Å². The van der Waals surface area contributed by atoms with Crippen LogP contribution in [0.4, 0.5) is 5.13 Å². The number of halogens is 1. The zero-order chi connectivity index (χ0) is 25.3. The van der Waals surface area contributed by atoms with Gasteiger partial charge in [0.05, 0.1) is 11.8 Å². The van der Waals surface area contributed by atoms with E-state index in [1.54, 1.807) is 17.0 Å². The number of aromatic nitrogens is 2. The molecule has 1 heterocycles. The van der Waals surface area contributed by atoms with Crippen molar-refractivity contribution in [1.29, 1.82) is 0 Å². The molecule has 0 radical (unpaired) electrons. The van der Waals surface area contributed by atoms with Crippen molar-refractivity contribution in [3.05, 3.63) is 95.5 Å². The quantitative estimate of drug-likeness (QED) is 0.232. The first-order chi connectivity index (χ1) is 17.5. The normalized spacial score (nSPS) is 11.6. The van der Waals surface area contributed by atoms with Gasteiger partial charge in [-0.2, -0.15) is 0 Å². The molecule has 6 nitrogen and oxygen atoms in total. The molecule has 0 spiro atoms. The molecule has 0 aliphatic heterocycles. The number of nitrogens with zero attached hydrogens (tertiary/aromatic N) is 3. The zero-order valence-electron chi connectivity index (χ0n) is 19.6. The predicted octanol–water partition coefficient (Wildman–Crippen LogP) is 6.57. The summed E-state index contributed by atoms with van der Waals surface area (Å²) in [4.78, 5) is 28.8. The highest BCUT2D eigenvalue weighted by Crippen LogP contribution is 2.28. The van der Waals surface area contributed by atoms with Crippen molar-refractivity contribution in [2.24, 2.45) is 0 Å². The third kappa shape index (κ3) is 7.16. The van der Waals surface area contributed by atoms with Gasteiger partial charge < -0.3 is 10.2 Å². The lowest BCUT2D eigenvalue weighted by atomic mass is 10.1. The first-order valence-electron chi connectivity index (χ1n) is 11.4. The van der Waals surface area contributed by atoms with Crippen LogP contribution < -0.4 is 5.32 Å². The molecule has 1 unspecified atom stereocenters. The third-order valence-corrected chi connectivity index (χ3v) is 7.65. The van der Waals surface area contributed by atoms with Crippen LogP contribution in [0.2, 0.25) is 5.02 Å². The van der Waals surface area contributed by atoms with Crippen LogP contribution in [0.15, 0.2) is 89.8 Å². The Labute approximate surface area is 223 Å². The Bertz CT molecular complexity index is 1280. The minimum absolute atomic E-state index is 0.0195. The summed E-state index contributed by atoms with van der Waals surface area (Å²) in [6.45, 7) is 2.28. The van der Waals surface area contributed by atoms with E-state index in [1.807, 2.05) is 79.7 Å². The van der Waals surface area contributed by atoms with Crippen LogP contribution in [0.1, 0.15) is 24.9 Å². The van der Waals surface area contributed by atoms with E-state index in [0.717, 1.165) is 16.0 Å². The molecular formula is C27H25ClN4O2S2. The third-order valence-electron chi connectivity index (χ3n) is 5.52. The van der Waals surface area contributed by atoms with Gasteiger partial charge in [-0.25, -0.2) is 0 Å². The number of thioether (sulfide) groups is 1. The van der Waals surface area contributed by atoms with E-state index in [1.165, 1.54) is 23.1 Å². The summed E-state index contributed by atoms with van der Waals surface area (Å²) in [5, 5.41) is 12.8. The maximum absolute atomic E-state index is 13.2. The van der Waals surface area contributed by atoms with Crippen LogP contribution in [0.5, 0.6) is 0 Å². The minimum atomic E-state index is -0.220. The van der Waals surface area contributed by atoms with Gasteiger partial charge >= 0.3 is 0 Å². The lowest BCUT2D eigenvalue weighted by Crippen LogP contribution is -2.37. The molecule has 0 fully saturated rings. The number of hydrogen-bond donors (Lipinski definition) is 1. The molecule has 0 bridgehead atoms. The number of rotatable bonds is 10. The van der Waals surface area contributed by atoms with E-state index < -0.39 is 0 Å². The molecule has 9 heteroatoms. The standard InChI is InChI=1S/C27H25ClN4O2S2/c1-19(20-8-4-2-5-9-20)32(25(34)18-35-23-10-6-3-7-11-23)17-16-24(33)29-27-31-30-26(36-27)21-12-14-22(28)15-13-21/h2-15,19H,16-18H2,1H3,(H,29,31,33). The Morgan fingerprint density at radius 3 is 2.33 bits per heavy atom. The van der Waals surface area contributed by atoms with Crippen LogP contribution in [0.3, 0.4) is 0 Å². The van der Waals surface area contributed by atoms with Crippen LogP contribution in [-0.2, 0) is 9.59 Å². The average Bonchev–Trinajstić information content (AvgIpc) is 3.37. The van der Waals surface area contributed by atoms with Crippen LogP contribution in [0, 0.1) is 0 Å². The first-order valence-corrected chi connectivity index (χ1v) is 13.6. The number of benzene rings is 3. The monoisotopic (exact) mass is 536 g/mol. The van der Waals surface area contributed by atoms with Gasteiger partial charge in [-0.3, -0.25) is 9.59 Å². The van der Waals surface area contributed by atoms with Gasteiger partial charge in [0.25, 0.3) is 0 Å². The van der Waals surface area contributed by atoms with E-state index in [2.05, 4.69) is 15.5 Å². The Morgan fingerprint density at radius 2 is 1.64 bits per heavy atom. The van der Waals surface area contributed by atoms with Crippen LogP contribution in [0.25, 0.3) is 10.6 Å². The highest BCUT2D eigenvalue weighted by atomic mass is 35.5. The molecule has 1 N–H and O–H groups in total. The summed E-state index contributed by atoms with van der Waals surface area (Å²) >= 11 is 8.73. The van der Waals surface area contributed by atoms with Gasteiger partial charge in [0.2, 0.25) is 16.9 Å². The van der Waals surface area contributed by atoms with Crippen molar-refractivity contribution >= 4 is 51.6 Å². The molecule has 0 saturated carbocycles. The van der Waals surface area contributed by atoms with Crippen LogP contribution in [-0.4, -0.2) is 39.2 Å². The van der Waals surface area contributed by atoms with Gasteiger partial charge in [-0.1, -0.05) is 83.6 Å². The number of nitrogens with one attached hydrogen (secondary N) is 1. The molecule has 0 aliphatic rings. The number of carbonyl (C=O) groups excluding carboxylic acids is 2. The van der Waals surface area contributed by atoms with Crippen molar-refractivity contribution in [1.82, 2.24) is 15.1 Å². The minimum Gasteiger partial charge on any atom is -0.335 e. The lowest BCUT2D eigenvalue weighted by molar-refractivity contribution is -0.131. The molecule has 4 aromatic rings. The Balaban J connectivity index is 1.39. The van der Waals surface area contributed by atoms with E-state index in [4.69, 9.17) is 11.6 Å². The first kappa shape index (κ1) is 25.9. The summed E-state index contributed by atoms with van der Waals surface area (Å²) in [6.07, 6.45) is 0.148. The lowest BCUT2D eigenvalue weighted by Gasteiger charge is -2.29. The fourth-order valence-corrected chi connectivity index (χ4v) is 5.27. The van der Waals surface area contributed by atoms with Crippen molar-refractivity contribution in [2.75, 3.05) is 17.6 Å². The van der Waals surface area contributed by atoms with Crippen molar-refractivity contribution < 1.29 is 9.59 Å². The van der Waals surface area contributed by atoms with E-state index >= 15 is 0 Å². The molecule has 0 saturated heterocycles. The number of amides is 2. The SMILES string of the molecule is CC(c1ccccc1)N(CCC(=O)Nc1nnc(-c2ccc(Cl)cc2)s1)C(=O)CSc1ccccc1. The molecule has 0 aliphatic carbocycles. The van der Waals surface area contributed by atoms with Crippen LogP contribution >= 0.6 is 34.7 Å². The maximum atomic E-state index is 13.2. The number of hydrogen-bond acceptors (Lipinski definition) is 6. The second-order valence-corrected chi connectivity index (χ2v) is 10.5. The second kappa shape index (κ2) is 12.7. The summed E-state index contributed by atoms with van der Waals surface area (Å²) in [5.74, 6) is 0.0560. The predicted molar refractivity (Wildman–Crippen MR) is 147 cm³/mol. The zero-order valence-corrected chi connectivity index (χ0v) is 22.0. The van der Waals surface area contributed by atoms with E-state index in [-0.39, 0.29) is 24.3 Å². The Kier molecular flexibility index (Phi) is 9.11. The topological polar surface area (TPSA) is 75.2 Å². The van der Waals surface area contributed by atoms with Gasteiger partial charge in [0, 0.05) is 28.4 Å². The molecule has 1 aromatic heterocycles. The Hall–Kier alpha value is -3.20. The van der Waals surface area contributed by atoms with Gasteiger partial charge in [-0.05, 0) is 36.8 Å². The molecule has 3 aromatic carbocycles. The summed E-state index contributed by atoms with van der Waals surface area (Å²) < 4.78 is 0. The molecule has 184 valence electrons. The Morgan fingerprint density at radius 1 is 0.972 bits per heavy atom. The summed E-state index contributed by atoms with van der Waals surface area (Å²) in [7, 11) is 0. The largest absolute Gasteiger partial charge is 0.335 e. The van der Waals surface area contributed by atoms with E-state index in [9.17, 15) is 9.59 Å². The second-order valence-electron chi connectivity index (χ2n) is 7.99. The summed E-state index contributed by atoms with van der Waals surface area (Å²) in [5.41, 5.74) is 1.90. The van der Waals surface area contributed by atoms with Crippen molar-refractivity contribution in [2.45, 2.75) is 24.3 Å². The molecule has 36 heavy (non-hydrogen) atoms. The molecule has 4 rings (SSSR count). The fraction of sp³-hybridized carbons (Fsp3) is 0.185. The molecular weight excluding hydrogens is 512 g/mol. The highest BCUT2D eigenvalue weighted by molar-refractivity contribution is 8.00. The smallest absolute Gasteiger partial charge is 0.233 e. The average molecular weight is 537 g/mol. The van der Waals surface area contributed by atoms with Gasteiger partial charge in [-0.15, -0.1) is 22.0 Å². The fourth-order valence-electron chi connectivity index (χ4n) is 3.58. The summed E-state index contributed by atoms with van der Waals surface area (Å²) in [6, 6.07) is 26.8. The number of carbonyl (C=O) groups is 2. The van der Waals surface area contributed by atoms with Gasteiger partial charge in [0.15, 0.2) is 0 Å². The number of anilines is 1. The molecule has 2 amide bonds. The van der Waals surface area contributed by atoms with E-state index in [0.29, 0.717) is 27.5 Å².